The second-order valence-corrected chi connectivity index (χ2v) is 8.50. The lowest BCUT2D eigenvalue weighted by molar-refractivity contribution is -0.0881. The van der Waals surface area contributed by atoms with Crippen molar-refractivity contribution in [3.05, 3.63) is 36.4 Å². The van der Waals surface area contributed by atoms with E-state index in [1.807, 2.05) is 35.2 Å². The molecule has 136 valence electrons. The number of nitrogens with zero attached hydrogens (tertiary/aromatic N) is 2. The molecule has 5 heterocycles. The molecule has 0 N–H and O–H groups in total. The maximum absolute atomic E-state index is 12.6. The number of fused-ring (bicyclic) bond motifs is 2. The molecule has 0 aliphatic carbocycles. The molecule has 2 bridgehead atoms. The Bertz CT molecular complexity index is 826. The fraction of sp³-hybridized carbons (Fsp3) is 0.450. The van der Waals surface area contributed by atoms with Gasteiger partial charge in [-0.05, 0) is 67.9 Å². The fourth-order valence-corrected chi connectivity index (χ4v) is 5.56. The Morgan fingerprint density at radius 2 is 1.88 bits per heavy atom. The van der Waals surface area contributed by atoms with E-state index in [0.29, 0.717) is 12.5 Å². The number of methoxy groups -OCH3 is 1. The third-order valence-corrected chi connectivity index (χ3v) is 7.15. The standard InChI is InChI=1S/C20H22N2O3S/c1-24-16-4-2-14(3-5-16)17-6-7-18(26-17)22-13-20(25-19(22)23)12-21-10-8-15(20)9-11-21/h2-7,15H,8-13H2,1H3/t20-/m0/s1. The van der Waals surface area contributed by atoms with Crippen molar-refractivity contribution in [1.29, 1.82) is 0 Å². The first-order chi connectivity index (χ1) is 12.7. The number of carbonyl (C=O) groups excluding carboxylic acids is 1. The van der Waals surface area contributed by atoms with E-state index < -0.39 is 0 Å². The van der Waals surface area contributed by atoms with E-state index in [9.17, 15) is 4.79 Å². The molecule has 0 saturated carbocycles. The van der Waals surface area contributed by atoms with Crippen molar-refractivity contribution in [1.82, 2.24) is 4.90 Å². The molecular formula is C20H22N2O3S. The van der Waals surface area contributed by atoms with Crippen LogP contribution in [0, 0.1) is 5.92 Å². The Morgan fingerprint density at radius 3 is 2.54 bits per heavy atom. The summed E-state index contributed by atoms with van der Waals surface area (Å²) in [4.78, 5) is 18.0. The Labute approximate surface area is 157 Å². The molecule has 1 aromatic carbocycles. The number of hydrogen-bond acceptors (Lipinski definition) is 5. The van der Waals surface area contributed by atoms with Crippen LogP contribution in [0.1, 0.15) is 12.8 Å². The van der Waals surface area contributed by atoms with Crippen molar-refractivity contribution in [2.24, 2.45) is 5.92 Å². The number of ether oxygens (including phenoxy) is 2. The average Bonchev–Trinajstić information content (AvgIpc) is 3.28. The average molecular weight is 370 g/mol. The zero-order valence-electron chi connectivity index (χ0n) is 14.8. The van der Waals surface area contributed by atoms with Crippen molar-refractivity contribution in [2.75, 3.05) is 38.2 Å². The number of anilines is 1. The van der Waals surface area contributed by atoms with Gasteiger partial charge < -0.3 is 9.47 Å². The first kappa shape index (κ1) is 16.1. The first-order valence-corrected chi connectivity index (χ1v) is 9.96. The van der Waals surface area contributed by atoms with E-state index in [1.165, 1.54) is 0 Å². The Hall–Kier alpha value is -2.05. The summed E-state index contributed by atoms with van der Waals surface area (Å²) in [7, 11) is 1.67. The molecule has 4 fully saturated rings. The lowest BCUT2D eigenvalue weighted by atomic mass is 9.75. The molecule has 0 unspecified atom stereocenters. The molecule has 26 heavy (non-hydrogen) atoms. The molecule has 1 atom stereocenters. The smallest absolute Gasteiger partial charge is 0.415 e. The molecule has 6 heteroatoms. The SMILES string of the molecule is COc1ccc(-c2ccc(N3C[C@]4(CN5CCC4CC5)OC3=O)s2)cc1. The lowest BCUT2D eigenvalue weighted by Crippen LogP contribution is -2.61. The minimum atomic E-state index is -0.308. The van der Waals surface area contributed by atoms with Crippen molar-refractivity contribution in [2.45, 2.75) is 18.4 Å². The molecule has 4 saturated heterocycles. The predicted octanol–water partition coefficient (Wildman–Crippen LogP) is 3.84. The largest absolute Gasteiger partial charge is 0.497 e. The molecule has 4 aliphatic rings. The summed E-state index contributed by atoms with van der Waals surface area (Å²) < 4.78 is 11.2. The van der Waals surface area contributed by atoms with Crippen LogP contribution in [-0.2, 0) is 4.74 Å². The molecule has 1 amide bonds. The summed E-state index contributed by atoms with van der Waals surface area (Å²) in [6, 6.07) is 12.1. The van der Waals surface area contributed by atoms with Crippen molar-refractivity contribution < 1.29 is 14.3 Å². The summed E-state index contributed by atoms with van der Waals surface area (Å²) in [5.41, 5.74) is 0.824. The highest BCUT2D eigenvalue weighted by molar-refractivity contribution is 7.19. The summed E-state index contributed by atoms with van der Waals surface area (Å²) in [5.74, 6) is 1.35. The number of thiophene rings is 1. The molecule has 4 aliphatic heterocycles. The van der Waals surface area contributed by atoms with Gasteiger partial charge in [0.05, 0.1) is 13.7 Å². The van der Waals surface area contributed by atoms with Crippen LogP contribution >= 0.6 is 11.3 Å². The van der Waals surface area contributed by atoms with Crippen LogP contribution in [0.5, 0.6) is 5.75 Å². The topological polar surface area (TPSA) is 42.0 Å². The number of benzene rings is 1. The summed E-state index contributed by atoms with van der Waals surface area (Å²) in [6.45, 7) is 3.85. The van der Waals surface area contributed by atoms with E-state index in [2.05, 4.69) is 11.0 Å². The maximum atomic E-state index is 12.6. The number of hydrogen-bond donors (Lipinski definition) is 0. The minimum absolute atomic E-state index is 0.193. The molecule has 0 radical (unpaired) electrons. The highest BCUT2D eigenvalue weighted by Gasteiger charge is 2.55. The zero-order valence-corrected chi connectivity index (χ0v) is 15.6. The van der Waals surface area contributed by atoms with Crippen LogP contribution in [0.2, 0.25) is 0 Å². The van der Waals surface area contributed by atoms with Crippen LogP contribution in [0.25, 0.3) is 10.4 Å². The van der Waals surface area contributed by atoms with Crippen molar-refractivity contribution >= 4 is 22.4 Å². The number of piperidine rings is 3. The monoisotopic (exact) mass is 370 g/mol. The fourth-order valence-electron chi connectivity index (χ4n) is 4.56. The molecule has 1 aromatic heterocycles. The van der Waals surface area contributed by atoms with Gasteiger partial charge in [-0.2, -0.15) is 0 Å². The molecule has 5 nitrogen and oxygen atoms in total. The van der Waals surface area contributed by atoms with Gasteiger partial charge in [-0.25, -0.2) is 4.79 Å². The molecule has 6 rings (SSSR count). The summed E-state index contributed by atoms with van der Waals surface area (Å²) in [6.07, 6.45) is 2.09. The third kappa shape index (κ3) is 2.51. The van der Waals surface area contributed by atoms with Gasteiger partial charge in [0.15, 0.2) is 0 Å². The second-order valence-electron chi connectivity index (χ2n) is 7.44. The number of amides is 1. The van der Waals surface area contributed by atoms with E-state index in [4.69, 9.17) is 9.47 Å². The van der Waals surface area contributed by atoms with Gasteiger partial charge in [0.1, 0.15) is 16.4 Å². The number of carbonyl (C=O) groups is 1. The van der Waals surface area contributed by atoms with Crippen molar-refractivity contribution in [3.63, 3.8) is 0 Å². The Morgan fingerprint density at radius 1 is 1.12 bits per heavy atom. The zero-order chi connectivity index (χ0) is 17.7. The van der Waals surface area contributed by atoms with Gasteiger partial charge in [-0.3, -0.25) is 9.80 Å². The predicted molar refractivity (Wildman–Crippen MR) is 102 cm³/mol. The van der Waals surface area contributed by atoms with Gasteiger partial charge in [-0.15, -0.1) is 11.3 Å². The maximum Gasteiger partial charge on any atom is 0.415 e. The van der Waals surface area contributed by atoms with E-state index in [-0.39, 0.29) is 11.7 Å². The lowest BCUT2D eigenvalue weighted by Gasteiger charge is -2.49. The van der Waals surface area contributed by atoms with Crippen LogP contribution in [0.15, 0.2) is 36.4 Å². The van der Waals surface area contributed by atoms with E-state index >= 15 is 0 Å². The normalized spacial score (nSPS) is 30.0. The molecular weight excluding hydrogens is 348 g/mol. The first-order valence-electron chi connectivity index (χ1n) is 9.14. The van der Waals surface area contributed by atoms with Gasteiger partial charge in [0.25, 0.3) is 0 Å². The van der Waals surface area contributed by atoms with Gasteiger partial charge in [0, 0.05) is 17.3 Å². The third-order valence-electron chi connectivity index (χ3n) is 5.99. The summed E-state index contributed by atoms with van der Waals surface area (Å²) in [5, 5.41) is 0.967. The minimum Gasteiger partial charge on any atom is -0.497 e. The van der Waals surface area contributed by atoms with Gasteiger partial charge >= 0.3 is 6.09 Å². The van der Waals surface area contributed by atoms with E-state index in [0.717, 1.165) is 53.7 Å². The van der Waals surface area contributed by atoms with E-state index in [1.54, 1.807) is 18.4 Å². The highest BCUT2D eigenvalue weighted by Crippen LogP contribution is 2.45. The van der Waals surface area contributed by atoms with Crippen LogP contribution in [-0.4, -0.2) is 49.9 Å². The summed E-state index contributed by atoms with van der Waals surface area (Å²) >= 11 is 1.64. The van der Waals surface area contributed by atoms with Crippen LogP contribution in [0.4, 0.5) is 9.80 Å². The molecule has 2 aromatic rings. The number of rotatable bonds is 3. The second kappa shape index (κ2) is 5.99. The van der Waals surface area contributed by atoms with Gasteiger partial charge in [-0.1, -0.05) is 0 Å². The Balaban J connectivity index is 1.39. The van der Waals surface area contributed by atoms with Crippen molar-refractivity contribution in [3.8, 4) is 16.2 Å². The quantitative estimate of drug-likeness (QED) is 0.823. The highest BCUT2D eigenvalue weighted by atomic mass is 32.1. The van der Waals surface area contributed by atoms with Gasteiger partial charge in [0.2, 0.25) is 0 Å². The van der Waals surface area contributed by atoms with Crippen LogP contribution < -0.4 is 9.64 Å². The molecule has 1 spiro atoms. The Kier molecular flexibility index (Phi) is 3.72. The van der Waals surface area contributed by atoms with Crippen LogP contribution in [0.3, 0.4) is 0 Å².